The molecule has 6 aromatic carbocycles. The normalized spacial score (nSPS) is 13.2. The molecule has 0 amide bonds. The molecule has 0 saturated carbocycles. The third-order valence-corrected chi connectivity index (χ3v) is 11.9. The Morgan fingerprint density at radius 3 is 1.80 bits per heavy atom. The summed E-state index contributed by atoms with van der Waals surface area (Å²) in [5.74, 6) is 2.05. The van der Waals surface area contributed by atoms with Crippen molar-refractivity contribution in [1.29, 1.82) is 0 Å². The van der Waals surface area contributed by atoms with Crippen molar-refractivity contribution in [3.8, 4) is 17.3 Å². The Hall–Kier alpha value is -5.90. The Morgan fingerprint density at radius 1 is 0.533 bits per heavy atom. The van der Waals surface area contributed by atoms with E-state index in [0.717, 1.165) is 33.6 Å². The molecule has 1 aliphatic rings. The molecule has 0 atom stereocenters. The number of hydrogen-bond donors (Lipinski definition) is 0. The van der Waals surface area contributed by atoms with Gasteiger partial charge in [0.2, 0.25) is 0 Å². The van der Waals surface area contributed by atoms with E-state index in [4.69, 9.17) is 9.72 Å². The fraction of sp³-hybridized carbons (Fsp3) is 0.185. The van der Waals surface area contributed by atoms with Gasteiger partial charge in [0.25, 0.3) is 0 Å². The van der Waals surface area contributed by atoms with Crippen LogP contribution in [-0.4, -0.2) is 9.55 Å². The number of hydrogen-bond acceptors (Lipinski definition) is 4. The Morgan fingerprint density at radius 2 is 1.17 bits per heavy atom. The summed E-state index contributed by atoms with van der Waals surface area (Å²) in [6, 6.07) is 58.6. The molecule has 8 aromatic rings. The average molecular weight is 965 g/mol. The molecule has 0 aliphatic carbocycles. The third kappa shape index (κ3) is 7.68. The first kappa shape index (κ1) is 40.9. The van der Waals surface area contributed by atoms with Gasteiger partial charge in [-0.1, -0.05) is 139 Å². The average Bonchev–Trinajstić information content (AvgIpc) is 3.88. The van der Waals surface area contributed by atoms with Gasteiger partial charge in [-0.3, -0.25) is 0 Å². The molecule has 304 valence electrons. The Labute approximate surface area is 369 Å². The second-order valence-electron chi connectivity index (χ2n) is 17.6. The second-order valence-corrected chi connectivity index (χ2v) is 17.6. The quantitative estimate of drug-likeness (QED) is 0.135. The summed E-state index contributed by atoms with van der Waals surface area (Å²) in [6.07, 6.45) is 6.01. The van der Waals surface area contributed by atoms with Crippen LogP contribution in [-0.2, 0) is 37.3 Å². The molecular formula is C54H49N4OPt-3. The molecule has 3 heterocycles. The van der Waals surface area contributed by atoms with E-state index in [1.807, 2.05) is 42.6 Å². The van der Waals surface area contributed by atoms with Crippen molar-refractivity contribution in [3.05, 3.63) is 211 Å². The summed E-state index contributed by atoms with van der Waals surface area (Å²) < 4.78 is 8.70. The molecule has 0 fully saturated rings. The molecule has 0 saturated heterocycles. The maximum atomic E-state index is 6.53. The van der Waals surface area contributed by atoms with Crippen molar-refractivity contribution >= 4 is 33.2 Å². The fourth-order valence-electron chi connectivity index (χ4n) is 8.11. The molecule has 1 aliphatic heterocycles. The van der Waals surface area contributed by atoms with Gasteiger partial charge in [0.05, 0.1) is 0 Å². The maximum Gasteiger partial charge on any atom is 0.135 e. The van der Waals surface area contributed by atoms with E-state index in [1.54, 1.807) is 0 Å². The van der Waals surface area contributed by atoms with Crippen LogP contribution in [0, 0.1) is 18.8 Å². The van der Waals surface area contributed by atoms with Gasteiger partial charge in [-0.2, -0.15) is 12.1 Å². The summed E-state index contributed by atoms with van der Waals surface area (Å²) in [5, 5.41) is 2.27. The van der Waals surface area contributed by atoms with Gasteiger partial charge in [0.15, 0.2) is 0 Å². The molecule has 60 heavy (non-hydrogen) atoms. The number of benzene rings is 6. The number of anilines is 2. The largest absolute Gasteiger partial charge is 0.509 e. The fourth-order valence-corrected chi connectivity index (χ4v) is 8.11. The van der Waals surface area contributed by atoms with Crippen LogP contribution in [0.5, 0.6) is 11.5 Å². The van der Waals surface area contributed by atoms with Gasteiger partial charge in [-0.25, -0.2) is 4.98 Å². The summed E-state index contributed by atoms with van der Waals surface area (Å²) in [6.45, 7) is 18.1. The molecule has 0 spiro atoms. The van der Waals surface area contributed by atoms with Crippen molar-refractivity contribution in [2.45, 2.75) is 64.7 Å². The van der Waals surface area contributed by atoms with Gasteiger partial charge in [0.1, 0.15) is 5.82 Å². The van der Waals surface area contributed by atoms with Crippen LogP contribution < -0.4 is 14.5 Å². The zero-order valence-electron chi connectivity index (χ0n) is 35.2. The topological polar surface area (TPSA) is 33.5 Å². The van der Waals surface area contributed by atoms with Crippen LogP contribution in [0.2, 0.25) is 0 Å². The van der Waals surface area contributed by atoms with E-state index in [0.29, 0.717) is 11.5 Å². The first-order valence-electron chi connectivity index (χ1n) is 20.4. The van der Waals surface area contributed by atoms with Gasteiger partial charge in [-0.05, 0) is 81.4 Å². The number of aromatic nitrogens is 2. The van der Waals surface area contributed by atoms with Crippen molar-refractivity contribution in [2.75, 3.05) is 9.80 Å². The van der Waals surface area contributed by atoms with E-state index < -0.39 is 0 Å². The van der Waals surface area contributed by atoms with Crippen LogP contribution in [0.15, 0.2) is 164 Å². The zero-order valence-corrected chi connectivity index (χ0v) is 37.5. The molecule has 0 radical (unpaired) electrons. The minimum atomic E-state index is -0.220. The molecular weight excluding hydrogens is 916 g/mol. The standard InChI is InChI=1S/C54H49N4O.Pt/c1-52(2,3)40-24-27-49-48(34-40)47-26-25-46(36-50(47)58(49)51-23-14-15-28-55-51)59-45-22-16-21-43(35-45)56-29-30-57(37-56)44-32-41(53(4,5)38-17-10-8-11-18-38)31-42(33-44)54(6,7)39-19-12-9-13-20-39;/h8-34,37H,1-7H3;/q-3;. The van der Waals surface area contributed by atoms with Crippen molar-refractivity contribution in [2.24, 2.45) is 0 Å². The van der Waals surface area contributed by atoms with E-state index in [9.17, 15) is 0 Å². The molecule has 0 N–H and O–H groups in total. The van der Waals surface area contributed by atoms with Gasteiger partial charge in [-0.15, -0.1) is 48.1 Å². The predicted octanol–water partition coefficient (Wildman–Crippen LogP) is 13.4. The van der Waals surface area contributed by atoms with Crippen LogP contribution in [0.1, 0.15) is 76.3 Å². The summed E-state index contributed by atoms with van der Waals surface area (Å²) in [7, 11) is 0. The first-order chi connectivity index (χ1) is 28.4. The van der Waals surface area contributed by atoms with Gasteiger partial charge in [0, 0.05) is 60.8 Å². The number of nitrogens with zero attached hydrogens (tertiary/aromatic N) is 4. The number of fused-ring (bicyclic) bond motifs is 3. The minimum Gasteiger partial charge on any atom is -0.509 e. The molecule has 5 nitrogen and oxygen atoms in total. The zero-order chi connectivity index (χ0) is 40.9. The smallest absolute Gasteiger partial charge is 0.135 e. The van der Waals surface area contributed by atoms with Crippen LogP contribution >= 0.6 is 0 Å². The van der Waals surface area contributed by atoms with E-state index >= 15 is 0 Å². The SMILES string of the molecule is CC(C)(C)c1ccc2c(c1)c1ccc(Oc3[c-]c(N4C=CN(c5cc(C(C)(C)c6ccccc6)cc(C(C)(C)c6ccccc6)c5)[CH-]4)ccc3)[c-]c1n2-c1ccccn1.[Pt]. The Bertz CT molecular complexity index is 2750. The number of rotatable bonds is 9. The predicted molar refractivity (Wildman–Crippen MR) is 243 cm³/mol. The van der Waals surface area contributed by atoms with E-state index in [1.165, 1.54) is 33.2 Å². The van der Waals surface area contributed by atoms with Crippen molar-refractivity contribution < 1.29 is 25.8 Å². The van der Waals surface area contributed by atoms with Crippen LogP contribution in [0.25, 0.3) is 27.6 Å². The second kappa shape index (κ2) is 15.9. The molecule has 6 heteroatoms. The number of pyridine rings is 1. The monoisotopic (exact) mass is 964 g/mol. The van der Waals surface area contributed by atoms with Crippen molar-refractivity contribution in [1.82, 2.24) is 9.55 Å². The minimum absolute atomic E-state index is 0. The number of ether oxygens (including phenoxy) is 1. The molecule has 0 bridgehead atoms. The maximum absolute atomic E-state index is 6.53. The van der Waals surface area contributed by atoms with E-state index in [-0.39, 0.29) is 37.3 Å². The Kier molecular flexibility index (Phi) is 10.9. The van der Waals surface area contributed by atoms with Crippen molar-refractivity contribution in [3.63, 3.8) is 0 Å². The molecule has 9 rings (SSSR count). The van der Waals surface area contributed by atoms with Gasteiger partial charge < -0.3 is 19.1 Å². The summed E-state index contributed by atoms with van der Waals surface area (Å²) >= 11 is 0. The Balaban J connectivity index is 0.00000499. The summed E-state index contributed by atoms with van der Waals surface area (Å²) in [5.41, 5.74) is 9.89. The van der Waals surface area contributed by atoms with Crippen LogP contribution in [0.3, 0.4) is 0 Å². The summed E-state index contributed by atoms with van der Waals surface area (Å²) in [4.78, 5) is 9.01. The molecule has 2 aromatic heterocycles. The van der Waals surface area contributed by atoms with E-state index in [2.05, 4.69) is 203 Å². The molecule has 0 unspecified atom stereocenters. The van der Waals surface area contributed by atoms with Crippen LogP contribution in [0.4, 0.5) is 11.4 Å². The third-order valence-electron chi connectivity index (χ3n) is 11.9. The first-order valence-corrected chi connectivity index (χ1v) is 20.4. The van der Waals surface area contributed by atoms with Gasteiger partial charge >= 0.3 is 0 Å².